The highest BCUT2D eigenvalue weighted by Crippen LogP contribution is 2.07. The van der Waals surface area contributed by atoms with E-state index in [-0.39, 0.29) is 6.42 Å². The van der Waals surface area contributed by atoms with Gasteiger partial charge in [0.1, 0.15) is 0 Å². The zero-order valence-corrected chi connectivity index (χ0v) is 5.78. The first-order valence-electron chi connectivity index (χ1n) is 2.96. The van der Waals surface area contributed by atoms with Gasteiger partial charge in [0.2, 0.25) is 0 Å². The number of rotatable bonds is 4. The first-order chi connectivity index (χ1) is 5.07. The van der Waals surface area contributed by atoms with Crippen molar-refractivity contribution in [1.29, 1.82) is 0 Å². The van der Waals surface area contributed by atoms with Crippen LogP contribution in [0.1, 0.15) is 12.8 Å². The molecule has 0 saturated heterocycles. The summed E-state index contributed by atoms with van der Waals surface area (Å²) < 4.78 is 0. The lowest BCUT2D eigenvalue weighted by molar-refractivity contribution is -0.148. The predicted molar refractivity (Wildman–Crippen MR) is 36.8 cm³/mol. The minimum atomic E-state index is -1.16. The maximum atomic E-state index is 10.3. The number of hydrogen-bond donors (Lipinski definition) is 2. The largest absolute Gasteiger partial charge is 0.481 e. The summed E-state index contributed by atoms with van der Waals surface area (Å²) in [4.78, 5) is 20.3. The molecule has 0 aromatic rings. The number of carboxylic acids is 2. The van der Waals surface area contributed by atoms with E-state index in [4.69, 9.17) is 16.6 Å². The lowest BCUT2D eigenvalue weighted by Gasteiger charge is -2.03. The summed E-state index contributed by atoms with van der Waals surface area (Å²) in [5, 5.41) is 16.6. The van der Waals surface area contributed by atoms with E-state index < -0.39 is 24.3 Å². The average Bonchev–Trinajstić information content (AvgIpc) is 1.86. The number of carboxylic acid groups (broad SMARTS) is 2. The van der Waals surface area contributed by atoms with Crippen molar-refractivity contribution < 1.29 is 19.8 Å². The third-order valence-corrected chi connectivity index (χ3v) is 1.13. The number of aliphatic carboxylic acids is 2. The average molecular weight is 156 g/mol. The van der Waals surface area contributed by atoms with Gasteiger partial charge in [-0.2, -0.15) is 0 Å². The third kappa shape index (κ3) is 3.98. The van der Waals surface area contributed by atoms with E-state index in [0.717, 1.165) is 0 Å². The summed E-state index contributed by atoms with van der Waals surface area (Å²) in [6, 6.07) is 0. The van der Waals surface area contributed by atoms with Crippen molar-refractivity contribution in [2.75, 3.05) is 0 Å². The van der Waals surface area contributed by atoms with E-state index in [0.29, 0.717) is 0 Å². The second kappa shape index (κ2) is 4.34. The Morgan fingerprint density at radius 2 is 2.00 bits per heavy atom. The van der Waals surface area contributed by atoms with Crippen LogP contribution < -0.4 is 0 Å². The van der Waals surface area contributed by atoms with Crippen LogP contribution in [-0.4, -0.2) is 22.2 Å². The van der Waals surface area contributed by atoms with Crippen LogP contribution in [0.25, 0.3) is 0 Å². The molecule has 0 unspecified atom stereocenters. The highest BCUT2D eigenvalue weighted by atomic mass is 16.4. The summed E-state index contributed by atoms with van der Waals surface area (Å²) in [6.45, 7) is 0. The molecular weight excluding hydrogens is 148 g/mol. The molecule has 0 aromatic carbocycles. The van der Waals surface area contributed by atoms with E-state index in [9.17, 15) is 9.59 Å². The summed E-state index contributed by atoms with van der Waals surface area (Å²) in [6.07, 6.45) is 4.38. The lowest BCUT2D eigenvalue weighted by atomic mass is 10.0. The Morgan fingerprint density at radius 3 is 2.27 bits per heavy atom. The first kappa shape index (κ1) is 9.50. The van der Waals surface area contributed by atoms with Gasteiger partial charge in [0, 0.05) is 6.42 Å². The molecular formula is C7H8O4. The van der Waals surface area contributed by atoms with Crippen molar-refractivity contribution in [1.82, 2.24) is 0 Å². The normalized spacial score (nSPS) is 11.5. The second-order valence-electron chi connectivity index (χ2n) is 2.04. The minimum Gasteiger partial charge on any atom is -0.481 e. The molecule has 11 heavy (non-hydrogen) atoms. The zero-order valence-electron chi connectivity index (χ0n) is 5.78. The molecule has 0 aromatic heterocycles. The van der Waals surface area contributed by atoms with E-state index in [1.165, 1.54) is 0 Å². The van der Waals surface area contributed by atoms with Gasteiger partial charge in [-0.1, -0.05) is 0 Å². The van der Waals surface area contributed by atoms with Crippen LogP contribution in [0.3, 0.4) is 0 Å². The Bertz CT molecular complexity index is 201. The highest BCUT2D eigenvalue weighted by molar-refractivity contribution is 5.77. The molecule has 0 fully saturated rings. The number of hydrogen-bond acceptors (Lipinski definition) is 2. The Labute approximate surface area is 63.8 Å². The first-order valence-corrected chi connectivity index (χ1v) is 2.96. The Hall–Kier alpha value is -1.50. The van der Waals surface area contributed by atoms with Crippen molar-refractivity contribution in [3.8, 4) is 12.3 Å². The molecule has 0 aliphatic carbocycles. The van der Waals surface area contributed by atoms with E-state index in [1.807, 2.05) is 0 Å². The van der Waals surface area contributed by atoms with E-state index in [2.05, 4.69) is 5.92 Å². The van der Waals surface area contributed by atoms with Gasteiger partial charge in [0.15, 0.2) is 0 Å². The molecule has 0 aliphatic rings. The number of carbonyl (C=O) groups is 2. The van der Waals surface area contributed by atoms with Gasteiger partial charge >= 0.3 is 11.9 Å². The predicted octanol–water partition coefficient (Wildman–Crippen LogP) is 0.185. The van der Waals surface area contributed by atoms with Crippen LogP contribution in [0.4, 0.5) is 0 Å². The quantitative estimate of drug-likeness (QED) is 0.569. The zero-order chi connectivity index (χ0) is 8.85. The van der Waals surface area contributed by atoms with Crippen molar-refractivity contribution in [3.05, 3.63) is 0 Å². The van der Waals surface area contributed by atoms with E-state index in [1.54, 1.807) is 0 Å². The van der Waals surface area contributed by atoms with Crippen molar-refractivity contribution in [3.63, 3.8) is 0 Å². The summed E-state index contributed by atoms with van der Waals surface area (Å²) in [5.74, 6) is -1.16. The Kier molecular flexibility index (Phi) is 3.75. The molecule has 0 amide bonds. The van der Waals surface area contributed by atoms with Gasteiger partial charge in [-0.15, -0.1) is 12.3 Å². The van der Waals surface area contributed by atoms with Gasteiger partial charge < -0.3 is 10.2 Å². The summed E-state index contributed by atoms with van der Waals surface area (Å²) in [7, 11) is 0. The Balaban J connectivity index is 4.02. The van der Waals surface area contributed by atoms with E-state index >= 15 is 0 Å². The fourth-order valence-corrected chi connectivity index (χ4v) is 0.600. The molecule has 2 N–H and O–H groups in total. The molecule has 4 heteroatoms. The van der Waals surface area contributed by atoms with Crippen molar-refractivity contribution >= 4 is 11.9 Å². The van der Waals surface area contributed by atoms with Crippen LogP contribution in [0.2, 0.25) is 0 Å². The van der Waals surface area contributed by atoms with Crippen LogP contribution in [0.5, 0.6) is 0 Å². The molecule has 0 aliphatic heterocycles. The van der Waals surface area contributed by atoms with Crippen molar-refractivity contribution in [2.24, 2.45) is 5.92 Å². The third-order valence-electron chi connectivity index (χ3n) is 1.13. The molecule has 0 rings (SSSR count). The Morgan fingerprint density at radius 1 is 1.45 bits per heavy atom. The van der Waals surface area contributed by atoms with Gasteiger partial charge in [0.05, 0.1) is 12.3 Å². The fourth-order valence-electron chi connectivity index (χ4n) is 0.600. The van der Waals surface area contributed by atoms with Gasteiger partial charge in [0.25, 0.3) is 0 Å². The maximum Gasteiger partial charge on any atom is 0.308 e. The second-order valence-corrected chi connectivity index (χ2v) is 2.04. The standard InChI is InChI=1S/C7H8O4/c1-2-3-5(7(10)11)4-6(8)9/h1,5H,3-4H2,(H,8,9)(H,10,11)/t5-/m1/s1. The molecule has 0 bridgehead atoms. The molecule has 1 atom stereocenters. The molecule has 0 heterocycles. The summed E-state index contributed by atoms with van der Waals surface area (Å²) in [5.41, 5.74) is 0. The maximum absolute atomic E-state index is 10.3. The smallest absolute Gasteiger partial charge is 0.308 e. The topological polar surface area (TPSA) is 74.6 Å². The minimum absolute atomic E-state index is 0.0400. The monoisotopic (exact) mass is 156 g/mol. The van der Waals surface area contributed by atoms with Gasteiger partial charge in [-0.25, -0.2) is 0 Å². The molecule has 4 nitrogen and oxygen atoms in total. The van der Waals surface area contributed by atoms with Crippen LogP contribution in [0.15, 0.2) is 0 Å². The highest BCUT2D eigenvalue weighted by Gasteiger charge is 2.19. The molecule has 0 spiro atoms. The number of terminal acetylenes is 1. The molecule has 0 radical (unpaired) electrons. The lowest BCUT2D eigenvalue weighted by Crippen LogP contribution is -2.16. The molecule has 60 valence electrons. The van der Waals surface area contributed by atoms with Crippen LogP contribution in [0, 0.1) is 18.3 Å². The van der Waals surface area contributed by atoms with Gasteiger partial charge in [-0.05, 0) is 0 Å². The van der Waals surface area contributed by atoms with Crippen LogP contribution >= 0.6 is 0 Å². The molecule has 0 saturated carbocycles. The van der Waals surface area contributed by atoms with Gasteiger partial charge in [-0.3, -0.25) is 9.59 Å². The van der Waals surface area contributed by atoms with Crippen LogP contribution in [-0.2, 0) is 9.59 Å². The van der Waals surface area contributed by atoms with Crippen molar-refractivity contribution in [2.45, 2.75) is 12.8 Å². The fraction of sp³-hybridized carbons (Fsp3) is 0.429. The summed E-state index contributed by atoms with van der Waals surface area (Å²) >= 11 is 0. The SMILES string of the molecule is C#CC[C@H](CC(=O)O)C(=O)O.